The van der Waals surface area contributed by atoms with Gasteiger partial charge in [0.1, 0.15) is 17.3 Å². The molecular formula is C21H20F2N4O2. The maximum Gasteiger partial charge on any atom is 0.323 e. The fourth-order valence-electron chi connectivity index (χ4n) is 3.43. The van der Waals surface area contributed by atoms with Gasteiger partial charge in [0.25, 0.3) is 0 Å². The molecular weight excluding hydrogens is 378 g/mol. The molecule has 6 nitrogen and oxygen atoms in total. The van der Waals surface area contributed by atoms with Crippen LogP contribution in [0.15, 0.2) is 48.5 Å². The van der Waals surface area contributed by atoms with Crippen molar-refractivity contribution in [2.24, 2.45) is 0 Å². The number of H-pyrrole nitrogens is 1. The predicted molar refractivity (Wildman–Crippen MR) is 106 cm³/mol. The summed E-state index contributed by atoms with van der Waals surface area (Å²) in [5.41, 5.74) is 2.68. The van der Waals surface area contributed by atoms with E-state index in [-0.39, 0.29) is 11.6 Å². The molecule has 4 rings (SSSR count). The molecule has 0 saturated carbocycles. The Balaban J connectivity index is 1.63. The smallest absolute Gasteiger partial charge is 0.323 e. The van der Waals surface area contributed by atoms with E-state index in [2.05, 4.69) is 20.8 Å². The van der Waals surface area contributed by atoms with Crippen molar-refractivity contribution in [2.75, 3.05) is 23.8 Å². The molecule has 1 aromatic heterocycles. The van der Waals surface area contributed by atoms with Gasteiger partial charge >= 0.3 is 6.03 Å². The SMILES string of the molecule is O=C(Nc1ccc(F)cc1F)Nc1c(-c2ccccc2)n[nH]c1C1CCOCC1. The zero-order valence-corrected chi connectivity index (χ0v) is 15.5. The van der Waals surface area contributed by atoms with Crippen molar-refractivity contribution in [3.63, 3.8) is 0 Å². The highest BCUT2D eigenvalue weighted by Gasteiger charge is 2.25. The first-order valence-corrected chi connectivity index (χ1v) is 9.36. The quantitative estimate of drug-likeness (QED) is 0.585. The van der Waals surface area contributed by atoms with Crippen LogP contribution in [0, 0.1) is 11.6 Å². The molecule has 1 aliphatic heterocycles. The van der Waals surface area contributed by atoms with Crippen LogP contribution in [0.25, 0.3) is 11.3 Å². The Labute approximate surface area is 166 Å². The third kappa shape index (κ3) is 4.27. The summed E-state index contributed by atoms with van der Waals surface area (Å²) in [5, 5.41) is 12.7. The number of urea groups is 1. The molecule has 0 atom stereocenters. The van der Waals surface area contributed by atoms with Crippen molar-refractivity contribution in [1.82, 2.24) is 10.2 Å². The van der Waals surface area contributed by atoms with Gasteiger partial charge in [0.2, 0.25) is 0 Å². The standard InChI is InChI=1S/C21H20F2N4O2/c22-15-6-7-17(16(23)12-15)24-21(28)25-20-18(13-4-2-1-3-5-13)26-27-19(20)14-8-10-29-11-9-14/h1-7,12,14H,8-11H2,(H,26,27)(H2,24,25,28). The van der Waals surface area contributed by atoms with Crippen molar-refractivity contribution >= 4 is 17.4 Å². The monoisotopic (exact) mass is 398 g/mol. The summed E-state index contributed by atoms with van der Waals surface area (Å²) in [6.45, 7) is 1.27. The predicted octanol–water partition coefficient (Wildman–Crippen LogP) is 4.89. The van der Waals surface area contributed by atoms with Crippen LogP contribution in [0.2, 0.25) is 0 Å². The normalized spacial score (nSPS) is 14.6. The van der Waals surface area contributed by atoms with Crippen LogP contribution in [0.3, 0.4) is 0 Å². The molecule has 1 saturated heterocycles. The average Bonchev–Trinajstić information content (AvgIpc) is 3.15. The molecule has 0 bridgehead atoms. The fourth-order valence-corrected chi connectivity index (χ4v) is 3.43. The molecule has 0 aliphatic carbocycles. The fraction of sp³-hybridized carbons (Fsp3) is 0.238. The number of nitrogens with one attached hydrogen (secondary N) is 3. The largest absolute Gasteiger partial charge is 0.381 e. The van der Waals surface area contributed by atoms with E-state index in [0.29, 0.717) is 24.6 Å². The number of halogens is 2. The summed E-state index contributed by atoms with van der Waals surface area (Å²) in [6, 6.07) is 11.8. The molecule has 1 aliphatic rings. The Morgan fingerprint density at radius 2 is 1.83 bits per heavy atom. The van der Waals surface area contributed by atoms with E-state index in [0.717, 1.165) is 36.2 Å². The lowest BCUT2D eigenvalue weighted by molar-refractivity contribution is 0.0846. The molecule has 150 valence electrons. The van der Waals surface area contributed by atoms with Crippen LogP contribution in [0.4, 0.5) is 25.0 Å². The highest BCUT2D eigenvalue weighted by molar-refractivity contribution is 6.02. The third-order valence-electron chi connectivity index (χ3n) is 4.89. The molecule has 2 aromatic carbocycles. The second kappa shape index (κ2) is 8.40. The van der Waals surface area contributed by atoms with E-state index >= 15 is 0 Å². The number of carbonyl (C=O) groups excluding carboxylic acids is 1. The van der Waals surface area contributed by atoms with Gasteiger partial charge in [-0.25, -0.2) is 13.6 Å². The summed E-state index contributed by atoms with van der Waals surface area (Å²) in [4.78, 5) is 12.6. The molecule has 0 radical (unpaired) electrons. The number of aromatic amines is 1. The Morgan fingerprint density at radius 3 is 2.55 bits per heavy atom. The number of aromatic nitrogens is 2. The third-order valence-corrected chi connectivity index (χ3v) is 4.89. The minimum atomic E-state index is -0.847. The maximum atomic E-state index is 13.9. The molecule has 0 unspecified atom stereocenters. The first kappa shape index (κ1) is 19.1. The van der Waals surface area contributed by atoms with E-state index in [1.807, 2.05) is 30.3 Å². The molecule has 2 heterocycles. The van der Waals surface area contributed by atoms with Crippen molar-refractivity contribution < 1.29 is 18.3 Å². The summed E-state index contributed by atoms with van der Waals surface area (Å²) in [6.07, 6.45) is 1.61. The molecule has 8 heteroatoms. The number of amides is 2. The molecule has 29 heavy (non-hydrogen) atoms. The first-order valence-electron chi connectivity index (χ1n) is 9.36. The number of benzene rings is 2. The second-order valence-electron chi connectivity index (χ2n) is 6.82. The summed E-state index contributed by atoms with van der Waals surface area (Å²) in [7, 11) is 0. The highest BCUT2D eigenvalue weighted by Crippen LogP contribution is 2.37. The number of hydrogen-bond donors (Lipinski definition) is 3. The zero-order valence-electron chi connectivity index (χ0n) is 15.5. The van der Waals surface area contributed by atoms with Gasteiger partial charge in [0, 0.05) is 30.8 Å². The second-order valence-corrected chi connectivity index (χ2v) is 6.82. The maximum absolute atomic E-state index is 13.9. The number of anilines is 2. The van der Waals surface area contributed by atoms with Crippen LogP contribution in [-0.4, -0.2) is 29.4 Å². The topological polar surface area (TPSA) is 79.0 Å². The Bertz CT molecular complexity index is 1000. The molecule has 2 amide bonds. The van der Waals surface area contributed by atoms with Crippen LogP contribution in [-0.2, 0) is 4.74 Å². The van der Waals surface area contributed by atoms with Crippen molar-refractivity contribution in [3.8, 4) is 11.3 Å². The van der Waals surface area contributed by atoms with Gasteiger partial charge in [0.05, 0.1) is 17.1 Å². The van der Waals surface area contributed by atoms with Crippen LogP contribution >= 0.6 is 0 Å². The van der Waals surface area contributed by atoms with E-state index in [1.165, 1.54) is 6.07 Å². The van der Waals surface area contributed by atoms with Crippen LogP contribution in [0.5, 0.6) is 0 Å². The average molecular weight is 398 g/mol. The minimum absolute atomic E-state index is 0.110. The van der Waals surface area contributed by atoms with E-state index < -0.39 is 17.7 Å². The molecule has 0 spiro atoms. The van der Waals surface area contributed by atoms with Gasteiger partial charge in [-0.2, -0.15) is 5.10 Å². The zero-order chi connectivity index (χ0) is 20.2. The highest BCUT2D eigenvalue weighted by atomic mass is 19.1. The van der Waals surface area contributed by atoms with Crippen molar-refractivity contribution in [2.45, 2.75) is 18.8 Å². The lowest BCUT2D eigenvalue weighted by Crippen LogP contribution is -2.22. The number of ether oxygens (including phenoxy) is 1. The number of rotatable bonds is 4. The number of hydrogen-bond acceptors (Lipinski definition) is 3. The van der Waals surface area contributed by atoms with Gasteiger partial charge in [-0.05, 0) is 25.0 Å². The van der Waals surface area contributed by atoms with Gasteiger partial charge in [0.15, 0.2) is 0 Å². The van der Waals surface area contributed by atoms with Crippen molar-refractivity contribution in [3.05, 3.63) is 65.9 Å². The lowest BCUT2D eigenvalue weighted by Gasteiger charge is -2.22. The van der Waals surface area contributed by atoms with Gasteiger partial charge in [-0.3, -0.25) is 5.10 Å². The van der Waals surface area contributed by atoms with E-state index in [1.54, 1.807) is 0 Å². The Kier molecular flexibility index (Phi) is 5.53. The summed E-state index contributed by atoms with van der Waals surface area (Å²) in [5.74, 6) is -1.40. The molecule has 3 N–H and O–H groups in total. The molecule has 3 aromatic rings. The lowest BCUT2D eigenvalue weighted by atomic mass is 9.94. The number of carbonyl (C=O) groups is 1. The van der Waals surface area contributed by atoms with Crippen LogP contribution < -0.4 is 10.6 Å². The van der Waals surface area contributed by atoms with Gasteiger partial charge in [-0.1, -0.05) is 30.3 Å². The molecule has 1 fully saturated rings. The van der Waals surface area contributed by atoms with Gasteiger partial charge < -0.3 is 15.4 Å². The summed E-state index contributed by atoms with van der Waals surface area (Å²) >= 11 is 0. The van der Waals surface area contributed by atoms with Crippen molar-refractivity contribution in [1.29, 1.82) is 0 Å². The minimum Gasteiger partial charge on any atom is -0.381 e. The Morgan fingerprint density at radius 1 is 1.07 bits per heavy atom. The number of nitrogens with zero attached hydrogens (tertiary/aromatic N) is 1. The Hall–Kier alpha value is -3.26. The first-order chi connectivity index (χ1) is 14.1. The van der Waals surface area contributed by atoms with Gasteiger partial charge in [-0.15, -0.1) is 0 Å². The van der Waals surface area contributed by atoms with Crippen LogP contribution in [0.1, 0.15) is 24.5 Å². The van der Waals surface area contributed by atoms with E-state index in [9.17, 15) is 13.6 Å². The van der Waals surface area contributed by atoms with E-state index in [4.69, 9.17) is 4.74 Å². The summed E-state index contributed by atoms with van der Waals surface area (Å²) < 4.78 is 32.4.